The number of benzene rings is 1. The maximum atomic E-state index is 13.8. The van der Waals surface area contributed by atoms with Gasteiger partial charge in [0.1, 0.15) is 17.9 Å². The average molecular weight is 347 g/mol. The third-order valence-corrected chi connectivity index (χ3v) is 5.20. The Morgan fingerprint density at radius 1 is 1.40 bits per heavy atom. The Morgan fingerprint density at radius 2 is 2.16 bits per heavy atom. The molecule has 1 aliphatic heterocycles. The van der Waals surface area contributed by atoms with Crippen LogP contribution < -0.4 is 10.6 Å². The van der Waals surface area contributed by atoms with Crippen molar-refractivity contribution < 1.29 is 18.8 Å². The quantitative estimate of drug-likeness (QED) is 0.825. The molecular weight excluding hydrogens is 325 g/mol. The van der Waals surface area contributed by atoms with Gasteiger partial charge in [-0.3, -0.25) is 14.5 Å². The first kappa shape index (κ1) is 17.4. The van der Waals surface area contributed by atoms with Crippen LogP contribution in [0.3, 0.4) is 0 Å². The van der Waals surface area contributed by atoms with Crippen LogP contribution in [0.5, 0.6) is 0 Å². The summed E-state index contributed by atoms with van der Waals surface area (Å²) in [6.45, 7) is 3.30. The van der Waals surface area contributed by atoms with Crippen LogP contribution >= 0.6 is 0 Å². The molecule has 1 saturated carbocycles. The number of carbonyl (C=O) groups is 3. The highest BCUT2D eigenvalue weighted by Crippen LogP contribution is 2.38. The molecule has 3 rings (SSSR count). The zero-order valence-electron chi connectivity index (χ0n) is 14.4. The number of nitrogens with zero attached hydrogens (tertiary/aromatic N) is 1. The zero-order valence-corrected chi connectivity index (χ0v) is 14.4. The number of imide groups is 1. The summed E-state index contributed by atoms with van der Waals surface area (Å²) in [4.78, 5) is 38.2. The lowest BCUT2D eigenvalue weighted by molar-refractivity contribution is -0.136. The van der Waals surface area contributed by atoms with Gasteiger partial charge in [-0.1, -0.05) is 25.8 Å². The number of hydrogen-bond acceptors (Lipinski definition) is 3. The van der Waals surface area contributed by atoms with Crippen LogP contribution in [-0.4, -0.2) is 34.8 Å². The second kappa shape index (κ2) is 6.46. The third kappa shape index (κ3) is 3.10. The van der Waals surface area contributed by atoms with E-state index in [0.717, 1.165) is 29.7 Å². The molecule has 1 aromatic rings. The number of aryl methyl sites for hydroxylation is 1. The minimum absolute atomic E-state index is 0.0278. The molecule has 1 heterocycles. The summed E-state index contributed by atoms with van der Waals surface area (Å²) in [6, 6.07) is 3.80. The Hall–Kier alpha value is -2.44. The Labute approximate surface area is 145 Å². The van der Waals surface area contributed by atoms with Crippen LogP contribution in [0.15, 0.2) is 18.2 Å². The minimum Gasteiger partial charge on any atom is -0.323 e. The second-order valence-electron chi connectivity index (χ2n) is 6.97. The van der Waals surface area contributed by atoms with Gasteiger partial charge in [0.05, 0.1) is 5.69 Å². The second-order valence-corrected chi connectivity index (χ2v) is 6.97. The first-order valence-corrected chi connectivity index (χ1v) is 8.53. The van der Waals surface area contributed by atoms with E-state index in [0.29, 0.717) is 6.42 Å². The summed E-state index contributed by atoms with van der Waals surface area (Å²) < 4.78 is 13.8. The van der Waals surface area contributed by atoms with Crippen LogP contribution in [0, 0.1) is 18.7 Å². The van der Waals surface area contributed by atoms with Crippen LogP contribution in [-0.2, 0) is 9.59 Å². The summed E-state index contributed by atoms with van der Waals surface area (Å²) >= 11 is 0. The first-order chi connectivity index (χ1) is 11.8. The van der Waals surface area contributed by atoms with Crippen LogP contribution in [0.4, 0.5) is 14.9 Å². The predicted molar refractivity (Wildman–Crippen MR) is 90.4 cm³/mol. The van der Waals surface area contributed by atoms with Crippen LogP contribution in [0.1, 0.15) is 38.2 Å². The van der Waals surface area contributed by atoms with Crippen molar-refractivity contribution in [3.05, 3.63) is 29.6 Å². The monoisotopic (exact) mass is 347 g/mol. The molecule has 7 heteroatoms. The number of hydrogen-bond donors (Lipinski definition) is 2. The predicted octanol–water partition coefficient (Wildman–Crippen LogP) is 2.57. The molecule has 0 radical (unpaired) electrons. The Balaban J connectivity index is 1.72. The van der Waals surface area contributed by atoms with Gasteiger partial charge < -0.3 is 10.6 Å². The van der Waals surface area contributed by atoms with Gasteiger partial charge in [0.2, 0.25) is 5.91 Å². The van der Waals surface area contributed by atoms with E-state index in [1.54, 1.807) is 13.0 Å². The van der Waals surface area contributed by atoms with Gasteiger partial charge in [-0.05, 0) is 43.4 Å². The van der Waals surface area contributed by atoms with Gasteiger partial charge in [0, 0.05) is 0 Å². The number of carbonyl (C=O) groups excluding carboxylic acids is 3. The summed E-state index contributed by atoms with van der Waals surface area (Å²) in [5.41, 5.74) is -0.0658. The fourth-order valence-corrected chi connectivity index (χ4v) is 3.71. The van der Waals surface area contributed by atoms with E-state index in [2.05, 4.69) is 10.6 Å². The number of amides is 4. The van der Waals surface area contributed by atoms with E-state index in [9.17, 15) is 18.8 Å². The largest absolute Gasteiger partial charge is 0.325 e. The molecule has 6 nitrogen and oxygen atoms in total. The topological polar surface area (TPSA) is 78.5 Å². The van der Waals surface area contributed by atoms with Crippen molar-refractivity contribution in [1.29, 1.82) is 0 Å². The molecule has 1 aliphatic carbocycles. The first-order valence-electron chi connectivity index (χ1n) is 8.53. The van der Waals surface area contributed by atoms with E-state index in [-0.39, 0.29) is 17.5 Å². The Bertz CT molecular complexity index is 736. The maximum Gasteiger partial charge on any atom is 0.325 e. The smallest absolute Gasteiger partial charge is 0.323 e. The summed E-state index contributed by atoms with van der Waals surface area (Å²) in [5, 5.41) is 5.23. The lowest BCUT2D eigenvalue weighted by Gasteiger charge is -2.36. The number of nitrogens with one attached hydrogen (secondary N) is 2. The molecule has 2 aliphatic rings. The molecule has 0 bridgehead atoms. The molecule has 25 heavy (non-hydrogen) atoms. The molecule has 1 spiro atoms. The van der Waals surface area contributed by atoms with Gasteiger partial charge >= 0.3 is 6.03 Å². The van der Waals surface area contributed by atoms with Crippen LogP contribution in [0.2, 0.25) is 0 Å². The van der Waals surface area contributed by atoms with Gasteiger partial charge in [0.15, 0.2) is 0 Å². The number of halogens is 1. The third-order valence-electron chi connectivity index (χ3n) is 5.20. The zero-order chi connectivity index (χ0) is 18.2. The van der Waals surface area contributed by atoms with E-state index in [1.807, 2.05) is 6.92 Å². The van der Waals surface area contributed by atoms with Crippen molar-refractivity contribution >= 4 is 23.5 Å². The van der Waals surface area contributed by atoms with Crippen molar-refractivity contribution in [2.24, 2.45) is 5.92 Å². The van der Waals surface area contributed by atoms with E-state index in [1.165, 1.54) is 12.1 Å². The lowest BCUT2D eigenvalue weighted by Crippen LogP contribution is -2.54. The van der Waals surface area contributed by atoms with Gasteiger partial charge in [-0.15, -0.1) is 0 Å². The highest BCUT2D eigenvalue weighted by atomic mass is 19.1. The number of anilines is 1. The highest BCUT2D eigenvalue weighted by molar-refractivity contribution is 6.10. The molecule has 2 N–H and O–H groups in total. The highest BCUT2D eigenvalue weighted by Gasteiger charge is 2.55. The number of rotatable bonds is 3. The molecule has 2 unspecified atom stereocenters. The van der Waals surface area contributed by atoms with Crippen molar-refractivity contribution in [3.8, 4) is 0 Å². The van der Waals surface area contributed by atoms with E-state index in [4.69, 9.17) is 0 Å². The SMILES string of the molecule is Cc1ccc(F)c(NC(=O)CN2C(=O)NC3(CCCCC3C)C2=O)c1. The molecule has 134 valence electrons. The number of urea groups is 1. The summed E-state index contributed by atoms with van der Waals surface area (Å²) in [7, 11) is 0. The van der Waals surface area contributed by atoms with Crippen molar-refractivity contribution in [2.45, 2.75) is 45.1 Å². The normalized spacial score (nSPS) is 26.0. The summed E-state index contributed by atoms with van der Waals surface area (Å²) in [6.07, 6.45) is 3.34. The van der Waals surface area contributed by atoms with Crippen molar-refractivity contribution in [1.82, 2.24) is 10.2 Å². The fraction of sp³-hybridized carbons (Fsp3) is 0.500. The van der Waals surface area contributed by atoms with Crippen molar-refractivity contribution in [2.75, 3.05) is 11.9 Å². The van der Waals surface area contributed by atoms with Gasteiger partial charge in [-0.25, -0.2) is 9.18 Å². The maximum absolute atomic E-state index is 13.8. The van der Waals surface area contributed by atoms with Gasteiger partial charge in [-0.2, -0.15) is 0 Å². The molecule has 4 amide bonds. The molecular formula is C18H22FN3O3. The average Bonchev–Trinajstić information content (AvgIpc) is 2.79. The van der Waals surface area contributed by atoms with Crippen LogP contribution in [0.25, 0.3) is 0 Å². The standard InChI is InChI=1S/C18H22FN3O3/c1-11-6-7-13(19)14(9-11)20-15(23)10-22-16(24)18(21-17(22)25)8-4-3-5-12(18)2/h6-7,9,12H,3-5,8,10H2,1-2H3,(H,20,23)(H,21,25). The molecule has 1 saturated heterocycles. The van der Waals surface area contributed by atoms with E-state index >= 15 is 0 Å². The lowest BCUT2D eigenvalue weighted by atomic mass is 9.73. The minimum atomic E-state index is -0.899. The molecule has 1 aromatic carbocycles. The summed E-state index contributed by atoms with van der Waals surface area (Å²) in [5.74, 6) is -1.49. The molecule has 0 aromatic heterocycles. The molecule has 2 atom stereocenters. The Morgan fingerprint density at radius 3 is 2.88 bits per heavy atom. The van der Waals surface area contributed by atoms with Gasteiger partial charge in [0.25, 0.3) is 5.91 Å². The fourth-order valence-electron chi connectivity index (χ4n) is 3.71. The van der Waals surface area contributed by atoms with E-state index < -0.39 is 29.8 Å². The van der Waals surface area contributed by atoms with Crippen molar-refractivity contribution in [3.63, 3.8) is 0 Å². The Kier molecular flexibility index (Phi) is 4.49. The molecule has 2 fully saturated rings.